The number of carboxylic acid groups (broad SMARTS) is 1. The maximum atomic E-state index is 13.3. The van der Waals surface area contributed by atoms with Crippen molar-refractivity contribution in [2.75, 3.05) is 11.9 Å². The number of nitrogens with zero attached hydrogens (tertiary/aromatic N) is 1. The molecule has 0 heterocycles. The topological polar surface area (TPSA) is 40.5 Å². The molecule has 0 saturated heterocycles. The van der Waals surface area contributed by atoms with Crippen LogP contribution in [0.3, 0.4) is 0 Å². The second kappa shape index (κ2) is 5.87. The molecule has 1 saturated carbocycles. The molecule has 1 aliphatic rings. The fourth-order valence-electron chi connectivity index (χ4n) is 2.63. The minimum atomic E-state index is -1.03. The van der Waals surface area contributed by atoms with E-state index in [1.165, 1.54) is 31.1 Å². The van der Waals surface area contributed by atoms with Crippen LogP contribution in [-0.2, 0) is 4.79 Å². The molecular weight excluding hydrogens is 245 g/mol. The van der Waals surface area contributed by atoms with E-state index in [1.807, 2.05) is 7.05 Å². The van der Waals surface area contributed by atoms with E-state index < -0.39 is 5.97 Å². The molecule has 19 heavy (non-hydrogen) atoms. The molecule has 1 aromatic carbocycles. The molecule has 1 aromatic rings. The van der Waals surface area contributed by atoms with Gasteiger partial charge in [0.2, 0.25) is 0 Å². The zero-order valence-corrected chi connectivity index (χ0v) is 11.0. The lowest BCUT2D eigenvalue weighted by Crippen LogP contribution is -2.29. The van der Waals surface area contributed by atoms with Gasteiger partial charge in [-0.1, -0.05) is 12.8 Å². The Morgan fingerprint density at radius 1 is 1.42 bits per heavy atom. The molecule has 0 spiro atoms. The standard InChI is InChI=1S/C15H18FNO2/c1-17(13-4-2-3-5-13)14-8-7-12(16)10-11(14)6-9-15(18)19/h6-10,13H,2-5H2,1H3,(H,18,19)/b9-6+. The van der Waals surface area contributed by atoms with Crippen LogP contribution in [0.1, 0.15) is 31.2 Å². The molecule has 0 aliphatic heterocycles. The van der Waals surface area contributed by atoms with Crippen molar-refractivity contribution in [3.8, 4) is 0 Å². The monoisotopic (exact) mass is 263 g/mol. The smallest absolute Gasteiger partial charge is 0.328 e. The predicted molar refractivity (Wildman–Crippen MR) is 73.7 cm³/mol. The van der Waals surface area contributed by atoms with E-state index in [4.69, 9.17) is 5.11 Å². The van der Waals surface area contributed by atoms with Crippen LogP contribution >= 0.6 is 0 Å². The first kappa shape index (κ1) is 13.6. The van der Waals surface area contributed by atoms with Gasteiger partial charge >= 0.3 is 5.97 Å². The Labute approximate surface area is 112 Å². The second-order valence-electron chi connectivity index (χ2n) is 4.92. The number of benzene rings is 1. The number of halogens is 1. The summed E-state index contributed by atoms with van der Waals surface area (Å²) in [6.07, 6.45) is 7.20. The quantitative estimate of drug-likeness (QED) is 0.847. The van der Waals surface area contributed by atoms with Gasteiger partial charge < -0.3 is 10.0 Å². The van der Waals surface area contributed by atoms with Crippen molar-refractivity contribution in [3.05, 3.63) is 35.7 Å². The van der Waals surface area contributed by atoms with Crippen LogP contribution in [0.2, 0.25) is 0 Å². The third kappa shape index (κ3) is 3.34. The largest absolute Gasteiger partial charge is 0.478 e. The maximum Gasteiger partial charge on any atom is 0.328 e. The third-order valence-corrected chi connectivity index (χ3v) is 3.65. The van der Waals surface area contributed by atoms with Gasteiger partial charge in [0.1, 0.15) is 5.82 Å². The van der Waals surface area contributed by atoms with Gasteiger partial charge in [0.05, 0.1) is 0 Å². The molecule has 0 aromatic heterocycles. The van der Waals surface area contributed by atoms with Gasteiger partial charge in [-0.3, -0.25) is 0 Å². The molecular formula is C15H18FNO2. The Morgan fingerprint density at radius 2 is 2.11 bits per heavy atom. The summed E-state index contributed by atoms with van der Waals surface area (Å²) in [5.74, 6) is -1.38. The lowest BCUT2D eigenvalue weighted by atomic mass is 10.1. The molecule has 1 fully saturated rings. The SMILES string of the molecule is CN(c1ccc(F)cc1/C=C/C(=O)O)C1CCCC1. The van der Waals surface area contributed by atoms with Crippen LogP contribution in [0.15, 0.2) is 24.3 Å². The van der Waals surface area contributed by atoms with E-state index in [1.54, 1.807) is 6.07 Å². The van der Waals surface area contributed by atoms with Gasteiger partial charge in [0.15, 0.2) is 0 Å². The van der Waals surface area contributed by atoms with Crippen molar-refractivity contribution < 1.29 is 14.3 Å². The molecule has 3 nitrogen and oxygen atoms in total. The van der Waals surface area contributed by atoms with Crippen molar-refractivity contribution in [1.82, 2.24) is 0 Å². The molecule has 0 bridgehead atoms. The van der Waals surface area contributed by atoms with E-state index in [0.717, 1.165) is 24.6 Å². The second-order valence-corrected chi connectivity index (χ2v) is 4.92. The van der Waals surface area contributed by atoms with Crippen molar-refractivity contribution >= 4 is 17.7 Å². The highest BCUT2D eigenvalue weighted by molar-refractivity contribution is 5.87. The number of aliphatic carboxylic acids is 1. The number of carboxylic acids is 1. The summed E-state index contributed by atoms with van der Waals surface area (Å²) in [6, 6.07) is 4.97. The van der Waals surface area contributed by atoms with Crippen LogP contribution in [0.5, 0.6) is 0 Å². The van der Waals surface area contributed by atoms with Gasteiger partial charge in [0.25, 0.3) is 0 Å². The summed E-state index contributed by atoms with van der Waals surface area (Å²) in [7, 11) is 1.99. The Bertz CT molecular complexity index is 493. The molecule has 0 amide bonds. The first-order chi connectivity index (χ1) is 9.08. The van der Waals surface area contributed by atoms with E-state index in [0.29, 0.717) is 11.6 Å². The van der Waals surface area contributed by atoms with Gasteiger partial charge in [-0.25, -0.2) is 9.18 Å². The van der Waals surface area contributed by atoms with Crippen molar-refractivity contribution in [2.45, 2.75) is 31.7 Å². The lowest BCUT2D eigenvalue weighted by Gasteiger charge is -2.28. The first-order valence-electron chi connectivity index (χ1n) is 6.51. The van der Waals surface area contributed by atoms with Gasteiger partial charge in [-0.15, -0.1) is 0 Å². The molecule has 4 heteroatoms. The van der Waals surface area contributed by atoms with Crippen LogP contribution in [0, 0.1) is 5.82 Å². The average molecular weight is 263 g/mol. The Kier molecular flexibility index (Phi) is 4.20. The summed E-state index contributed by atoms with van der Waals surface area (Å²) >= 11 is 0. The van der Waals surface area contributed by atoms with E-state index >= 15 is 0 Å². The van der Waals surface area contributed by atoms with Crippen LogP contribution < -0.4 is 4.90 Å². The number of anilines is 1. The van der Waals surface area contributed by atoms with Crippen LogP contribution in [-0.4, -0.2) is 24.2 Å². The molecule has 0 atom stereocenters. The highest BCUT2D eigenvalue weighted by Crippen LogP contribution is 2.30. The molecule has 102 valence electrons. The minimum absolute atomic E-state index is 0.353. The molecule has 1 N–H and O–H groups in total. The molecule has 0 radical (unpaired) electrons. The van der Waals surface area contributed by atoms with Crippen LogP contribution in [0.25, 0.3) is 6.08 Å². The summed E-state index contributed by atoms with van der Waals surface area (Å²) < 4.78 is 13.3. The number of hydrogen-bond acceptors (Lipinski definition) is 2. The Morgan fingerprint density at radius 3 is 2.74 bits per heavy atom. The van der Waals surface area contributed by atoms with Gasteiger partial charge in [0, 0.05) is 30.4 Å². The van der Waals surface area contributed by atoms with Crippen LogP contribution in [0.4, 0.5) is 10.1 Å². The summed E-state index contributed by atoms with van der Waals surface area (Å²) in [4.78, 5) is 12.7. The number of carbonyl (C=O) groups is 1. The number of hydrogen-bond donors (Lipinski definition) is 1. The highest BCUT2D eigenvalue weighted by Gasteiger charge is 2.21. The summed E-state index contributed by atoms with van der Waals surface area (Å²) in [5.41, 5.74) is 1.49. The van der Waals surface area contributed by atoms with E-state index in [9.17, 15) is 9.18 Å². The average Bonchev–Trinajstić information content (AvgIpc) is 2.89. The lowest BCUT2D eigenvalue weighted by molar-refractivity contribution is -0.131. The zero-order chi connectivity index (χ0) is 13.8. The summed E-state index contributed by atoms with van der Waals surface area (Å²) in [5, 5.41) is 8.69. The van der Waals surface area contributed by atoms with Gasteiger partial charge in [-0.05, 0) is 37.1 Å². The van der Waals surface area contributed by atoms with E-state index in [-0.39, 0.29) is 5.82 Å². The third-order valence-electron chi connectivity index (χ3n) is 3.65. The molecule has 2 rings (SSSR count). The Balaban J connectivity index is 2.30. The zero-order valence-electron chi connectivity index (χ0n) is 11.0. The van der Waals surface area contributed by atoms with E-state index in [2.05, 4.69) is 4.90 Å². The molecule has 0 unspecified atom stereocenters. The van der Waals surface area contributed by atoms with Gasteiger partial charge in [-0.2, -0.15) is 0 Å². The fourth-order valence-corrected chi connectivity index (χ4v) is 2.63. The maximum absolute atomic E-state index is 13.3. The Hall–Kier alpha value is -1.84. The highest BCUT2D eigenvalue weighted by atomic mass is 19.1. The first-order valence-corrected chi connectivity index (χ1v) is 6.51. The normalized spacial score (nSPS) is 16.1. The number of rotatable bonds is 4. The summed E-state index contributed by atoms with van der Waals surface area (Å²) in [6.45, 7) is 0. The van der Waals surface area contributed by atoms with Crippen molar-refractivity contribution in [2.24, 2.45) is 0 Å². The molecule has 1 aliphatic carbocycles. The fraction of sp³-hybridized carbons (Fsp3) is 0.400. The van der Waals surface area contributed by atoms with Crippen molar-refractivity contribution in [1.29, 1.82) is 0 Å². The van der Waals surface area contributed by atoms with Crippen molar-refractivity contribution in [3.63, 3.8) is 0 Å². The predicted octanol–water partition coefficient (Wildman–Crippen LogP) is 3.30. The minimum Gasteiger partial charge on any atom is -0.478 e.